The molecule has 3 N–H and O–H groups in total. The van der Waals surface area contributed by atoms with Crippen LogP contribution in [-0.2, 0) is 11.3 Å². The maximum Gasteiger partial charge on any atom is 0.269 e. The van der Waals surface area contributed by atoms with Gasteiger partial charge in [0.2, 0.25) is 11.9 Å². The van der Waals surface area contributed by atoms with Crippen molar-refractivity contribution < 1.29 is 9.59 Å². The largest absolute Gasteiger partial charge is 0.350 e. The van der Waals surface area contributed by atoms with E-state index in [0.29, 0.717) is 10.8 Å². The highest BCUT2D eigenvalue weighted by molar-refractivity contribution is 7.08. The average molecular weight is 495 g/mol. The first-order valence-electron chi connectivity index (χ1n) is 12.1. The summed E-state index contributed by atoms with van der Waals surface area (Å²) in [6, 6.07) is 8.35. The molecule has 2 amide bonds. The monoisotopic (exact) mass is 494 g/mol. The molecule has 0 atom stereocenters. The van der Waals surface area contributed by atoms with Crippen LogP contribution >= 0.6 is 11.5 Å². The van der Waals surface area contributed by atoms with Crippen LogP contribution in [0.4, 0.5) is 5.95 Å². The highest BCUT2D eigenvalue weighted by Crippen LogP contribution is 2.35. The quantitative estimate of drug-likeness (QED) is 0.395. The van der Waals surface area contributed by atoms with E-state index in [9.17, 15) is 9.59 Å². The number of carbonyl (C=O) groups is 2. The van der Waals surface area contributed by atoms with Gasteiger partial charge >= 0.3 is 0 Å². The molecule has 3 aromatic rings. The molecule has 0 saturated heterocycles. The molecule has 2 heterocycles. The van der Waals surface area contributed by atoms with Crippen LogP contribution in [0.5, 0.6) is 0 Å². The summed E-state index contributed by atoms with van der Waals surface area (Å²) in [4.78, 5) is 29.9. The molecule has 2 aromatic heterocycles. The van der Waals surface area contributed by atoms with Crippen LogP contribution in [0.2, 0.25) is 0 Å². The van der Waals surface area contributed by atoms with Crippen molar-refractivity contribution in [1.29, 1.82) is 0 Å². The van der Waals surface area contributed by atoms with Crippen LogP contribution < -0.4 is 16.0 Å². The number of nitrogens with one attached hydrogen (secondary N) is 3. The van der Waals surface area contributed by atoms with Crippen molar-refractivity contribution in [1.82, 2.24) is 24.6 Å². The van der Waals surface area contributed by atoms with Crippen molar-refractivity contribution in [2.45, 2.75) is 65.1 Å². The maximum absolute atomic E-state index is 12.8. The van der Waals surface area contributed by atoms with Crippen LogP contribution in [0, 0.1) is 5.41 Å². The van der Waals surface area contributed by atoms with Gasteiger partial charge in [0, 0.05) is 31.4 Å². The van der Waals surface area contributed by atoms with E-state index < -0.39 is 0 Å². The van der Waals surface area contributed by atoms with Crippen LogP contribution in [0.15, 0.2) is 43.1 Å². The summed E-state index contributed by atoms with van der Waals surface area (Å²) in [7, 11) is 0. The molecule has 0 bridgehead atoms. The summed E-state index contributed by atoms with van der Waals surface area (Å²) in [6.07, 6.45) is 6.42. The predicted molar refractivity (Wildman–Crippen MR) is 141 cm³/mol. The van der Waals surface area contributed by atoms with Crippen molar-refractivity contribution >= 4 is 40.3 Å². The zero-order valence-corrected chi connectivity index (χ0v) is 21.5. The predicted octanol–water partition coefficient (Wildman–Crippen LogP) is 4.67. The summed E-state index contributed by atoms with van der Waals surface area (Å²) in [5.41, 5.74) is 3.23. The van der Waals surface area contributed by atoms with E-state index >= 15 is 0 Å². The second-order valence-corrected chi connectivity index (χ2v) is 11.2. The lowest BCUT2D eigenvalue weighted by Crippen LogP contribution is -2.37. The Morgan fingerprint density at radius 3 is 2.63 bits per heavy atom. The molecule has 0 unspecified atom stereocenters. The number of fused-ring (bicyclic) bond motifs is 1. The lowest BCUT2D eigenvalue weighted by molar-refractivity contribution is -0.117. The minimum atomic E-state index is -0.206. The lowest BCUT2D eigenvalue weighted by Gasteiger charge is -2.31. The molecule has 1 saturated carbocycles. The van der Waals surface area contributed by atoms with E-state index in [0.717, 1.165) is 66.9 Å². The Kier molecular flexibility index (Phi) is 7.66. The Morgan fingerprint density at radius 1 is 1.20 bits per heavy atom. The Balaban J connectivity index is 1.58. The Bertz CT molecular complexity index is 1190. The topological polar surface area (TPSA) is 101 Å². The first-order valence-corrected chi connectivity index (χ1v) is 12.9. The van der Waals surface area contributed by atoms with E-state index in [1.54, 1.807) is 12.3 Å². The highest BCUT2D eigenvalue weighted by atomic mass is 32.1. The summed E-state index contributed by atoms with van der Waals surface area (Å²) < 4.78 is 6.20. The number of anilines is 1. The van der Waals surface area contributed by atoms with Gasteiger partial charge in [-0.15, -0.1) is 0 Å². The molecule has 0 aliphatic heterocycles. The SMILES string of the molecule is C=CC(=O)NC1CCC(n2c(NC(=O)c3ccns3)nc3cc(CNCC(C)(C)C)ccc32)CC1. The molecular weight excluding hydrogens is 460 g/mol. The zero-order chi connectivity index (χ0) is 25.0. The van der Waals surface area contributed by atoms with Gasteiger partial charge in [-0.2, -0.15) is 0 Å². The van der Waals surface area contributed by atoms with Gasteiger partial charge in [0.25, 0.3) is 5.91 Å². The van der Waals surface area contributed by atoms with Crippen molar-refractivity contribution in [2.75, 3.05) is 11.9 Å². The molecule has 9 heteroatoms. The van der Waals surface area contributed by atoms with Crippen molar-refractivity contribution in [3.63, 3.8) is 0 Å². The Morgan fingerprint density at radius 2 is 1.97 bits per heavy atom. The Labute approximate surface area is 210 Å². The second-order valence-electron chi connectivity index (χ2n) is 10.3. The third-order valence-corrected chi connectivity index (χ3v) is 6.96. The first kappa shape index (κ1) is 25.1. The molecule has 35 heavy (non-hydrogen) atoms. The average Bonchev–Trinajstić information content (AvgIpc) is 3.47. The summed E-state index contributed by atoms with van der Waals surface area (Å²) in [6.45, 7) is 11.8. The third-order valence-electron chi connectivity index (χ3n) is 6.22. The van der Waals surface area contributed by atoms with Crippen molar-refractivity contribution in [3.8, 4) is 0 Å². The molecule has 1 aliphatic rings. The van der Waals surface area contributed by atoms with Gasteiger partial charge in [-0.05, 0) is 72.5 Å². The molecule has 1 fully saturated rings. The molecule has 186 valence electrons. The summed E-state index contributed by atoms with van der Waals surface area (Å²) >= 11 is 1.16. The molecule has 8 nitrogen and oxygen atoms in total. The lowest BCUT2D eigenvalue weighted by atomic mass is 9.90. The number of aromatic nitrogens is 3. The van der Waals surface area contributed by atoms with E-state index in [-0.39, 0.29) is 29.3 Å². The Hall–Kier alpha value is -3.04. The number of hydrogen-bond acceptors (Lipinski definition) is 6. The van der Waals surface area contributed by atoms with E-state index in [4.69, 9.17) is 4.98 Å². The van der Waals surface area contributed by atoms with Crippen LogP contribution in [-0.4, -0.2) is 38.3 Å². The van der Waals surface area contributed by atoms with E-state index in [1.807, 2.05) is 0 Å². The number of amides is 2. The molecule has 4 rings (SSSR count). The standard InChI is InChI=1S/C26H34N6O2S/c1-5-23(33)29-18-7-9-19(10-8-18)32-21-11-6-17(15-27-16-26(2,3)4)14-20(21)30-25(32)31-24(34)22-12-13-28-35-22/h5-6,11-14,18-19,27H,1,7-10,15-16H2,2-4H3,(H,29,33)(H,30,31,34). The third kappa shape index (κ3) is 6.35. The molecule has 1 aromatic carbocycles. The number of imidazole rings is 1. The first-order chi connectivity index (χ1) is 16.7. The molecule has 0 spiro atoms. The van der Waals surface area contributed by atoms with Crippen molar-refractivity contribution in [3.05, 3.63) is 53.6 Å². The fraction of sp³-hybridized carbons (Fsp3) is 0.462. The second kappa shape index (κ2) is 10.7. The number of rotatable bonds is 8. The van der Waals surface area contributed by atoms with Crippen LogP contribution in [0.3, 0.4) is 0 Å². The zero-order valence-electron chi connectivity index (χ0n) is 20.6. The van der Waals surface area contributed by atoms with Gasteiger partial charge in [-0.3, -0.25) is 14.9 Å². The van der Waals surface area contributed by atoms with Gasteiger partial charge in [0.15, 0.2) is 0 Å². The minimum Gasteiger partial charge on any atom is -0.350 e. The smallest absolute Gasteiger partial charge is 0.269 e. The highest BCUT2D eigenvalue weighted by Gasteiger charge is 2.27. The van der Waals surface area contributed by atoms with Gasteiger partial charge < -0.3 is 15.2 Å². The number of benzene rings is 1. The molecule has 0 radical (unpaired) electrons. The van der Waals surface area contributed by atoms with Gasteiger partial charge in [-0.1, -0.05) is 33.4 Å². The summed E-state index contributed by atoms with van der Waals surface area (Å²) in [5.74, 6) is 0.214. The van der Waals surface area contributed by atoms with Crippen molar-refractivity contribution in [2.24, 2.45) is 5.41 Å². The van der Waals surface area contributed by atoms with Gasteiger partial charge in [-0.25, -0.2) is 9.36 Å². The van der Waals surface area contributed by atoms with Crippen LogP contribution in [0.1, 0.15) is 67.7 Å². The van der Waals surface area contributed by atoms with E-state index in [2.05, 4.69) is 70.4 Å². The summed E-state index contributed by atoms with van der Waals surface area (Å²) in [5, 5.41) is 9.55. The maximum atomic E-state index is 12.8. The number of nitrogens with zero attached hydrogens (tertiary/aromatic N) is 3. The van der Waals surface area contributed by atoms with E-state index in [1.165, 1.54) is 6.08 Å². The normalized spacial score (nSPS) is 18.4. The number of hydrogen-bond donors (Lipinski definition) is 3. The minimum absolute atomic E-state index is 0.133. The van der Waals surface area contributed by atoms with Crippen LogP contribution in [0.25, 0.3) is 11.0 Å². The van der Waals surface area contributed by atoms with Gasteiger partial charge in [0.05, 0.1) is 11.0 Å². The fourth-order valence-corrected chi connectivity index (χ4v) is 5.02. The fourth-order valence-electron chi connectivity index (χ4n) is 4.53. The molecular formula is C26H34N6O2S. The number of carbonyl (C=O) groups excluding carboxylic acids is 2. The van der Waals surface area contributed by atoms with Gasteiger partial charge in [0.1, 0.15) is 4.88 Å². The molecule has 1 aliphatic carbocycles.